The summed E-state index contributed by atoms with van der Waals surface area (Å²) < 4.78 is 22.7. The Labute approximate surface area is 105 Å². The molecule has 1 unspecified atom stereocenters. The van der Waals surface area contributed by atoms with Gasteiger partial charge in [-0.3, -0.25) is 4.98 Å². The molecule has 0 aromatic carbocycles. The van der Waals surface area contributed by atoms with Gasteiger partial charge in [-0.15, -0.1) is 0 Å². The van der Waals surface area contributed by atoms with Crippen molar-refractivity contribution in [1.82, 2.24) is 4.98 Å². The fourth-order valence-electron chi connectivity index (χ4n) is 1.98. The van der Waals surface area contributed by atoms with Crippen LogP contribution in [0.2, 0.25) is 0 Å². The number of hydrogen-bond donors (Lipinski definition) is 2. The highest BCUT2D eigenvalue weighted by atomic mass is 32.2. The second kappa shape index (κ2) is 4.56. The zero-order valence-corrected chi connectivity index (χ0v) is 10.7. The van der Waals surface area contributed by atoms with Crippen molar-refractivity contribution in [2.24, 2.45) is 0 Å². The predicted octanol–water partition coefficient (Wildman–Crippen LogP) is 0.687. The van der Waals surface area contributed by atoms with Crippen LogP contribution in [0.15, 0.2) is 12.3 Å². The van der Waals surface area contributed by atoms with E-state index in [-0.39, 0.29) is 23.1 Å². The number of carboxylic acid groups (broad SMARTS) is 1. The van der Waals surface area contributed by atoms with Crippen molar-refractivity contribution < 1.29 is 18.3 Å². The zero-order chi connectivity index (χ0) is 13.3. The van der Waals surface area contributed by atoms with Crippen LogP contribution in [-0.2, 0) is 9.84 Å². The van der Waals surface area contributed by atoms with Gasteiger partial charge in [-0.25, -0.2) is 13.2 Å². The lowest BCUT2D eigenvalue weighted by molar-refractivity contribution is 0.0697. The van der Waals surface area contributed by atoms with Gasteiger partial charge in [-0.1, -0.05) is 0 Å². The Morgan fingerprint density at radius 2 is 2.28 bits per heavy atom. The van der Waals surface area contributed by atoms with Gasteiger partial charge < -0.3 is 10.4 Å². The molecule has 2 rings (SSSR count). The number of nitrogens with zero attached hydrogens (tertiary/aromatic N) is 1. The molecule has 0 saturated carbocycles. The van der Waals surface area contributed by atoms with Crippen molar-refractivity contribution in [2.75, 3.05) is 16.8 Å². The van der Waals surface area contributed by atoms with Gasteiger partial charge in [0.15, 0.2) is 9.84 Å². The highest BCUT2D eigenvalue weighted by molar-refractivity contribution is 7.91. The average molecular weight is 270 g/mol. The summed E-state index contributed by atoms with van der Waals surface area (Å²) in [4.78, 5) is 15.0. The average Bonchev–Trinajstić information content (AvgIpc) is 2.57. The molecule has 98 valence electrons. The van der Waals surface area contributed by atoms with Gasteiger partial charge in [-0.05, 0) is 19.4 Å². The molecule has 1 aliphatic heterocycles. The normalized spacial score (nSPS) is 21.7. The van der Waals surface area contributed by atoms with Gasteiger partial charge in [0.2, 0.25) is 0 Å². The van der Waals surface area contributed by atoms with Crippen LogP contribution in [0.3, 0.4) is 0 Å². The lowest BCUT2D eigenvalue weighted by Crippen LogP contribution is -2.22. The number of hydrogen-bond acceptors (Lipinski definition) is 5. The number of anilines is 1. The number of aryl methyl sites for hydroxylation is 1. The lowest BCUT2D eigenvalue weighted by atomic mass is 10.1. The summed E-state index contributed by atoms with van der Waals surface area (Å²) in [5.74, 6) is -0.879. The van der Waals surface area contributed by atoms with Crippen molar-refractivity contribution in [3.63, 3.8) is 0 Å². The number of aromatic carboxylic acids is 1. The van der Waals surface area contributed by atoms with Crippen molar-refractivity contribution in [3.8, 4) is 0 Å². The SMILES string of the molecule is Cc1cc(NC2CCS(=O)(=O)C2)c(C(=O)O)cn1. The molecule has 1 fully saturated rings. The Bertz CT molecular complexity index is 583. The molecule has 2 N–H and O–H groups in total. The summed E-state index contributed by atoms with van der Waals surface area (Å²) in [6.07, 6.45) is 1.78. The molecule has 0 spiro atoms. The molecule has 1 aromatic heterocycles. The summed E-state index contributed by atoms with van der Waals surface area (Å²) in [6.45, 7) is 1.75. The molecule has 6 nitrogen and oxygen atoms in total. The number of sulfone groups is 1. The smallest absolute Gasteiger partial charge is 0.339 e. The van der Waals surface area contributed by atoms with Crippen LogP contribution in [0.1, 0.15) is 22.5 Å². The number of nitrogens with one attached hydrogen (secondary N) is 1. The molecule has 0 aliphatic carbocycles. The number of rotatable bonds is 3. The molecule has 0 amide bonds. The Kier molecular flexibility index (Phi) is 3.25. The summed E-state index contributed by atoms with van der Waals surface area (Å²) in [5.41, 5.74) is 1.17. The van der Waals surface area contributed by atoms with E-state index in [1.807, 2.05) is 0 Å². The summed E-state index contributed by atoms with van der Waals surface area (Å²) in [5, 5.41) is 12.0. The first-order valence-corrected chi connectivity index (χ1v) is 7.36. The lowest BCUT2D eigenvalue weighted by Gasteiger charge is -2.14. The van der Waals surface area contributed by atoms with E-state index in [4.69, 9.17) is 5.11 Å². The van der Waals surface area contributed by atoms with Crippen molar-refractivity contribution >= 4 is 21.5 Å². The first-order chi connectivity index (χ1) is 8.37. The fourth-order valence-corrected chi connectivity index (χ4v) is 3.65. The van der Waals surface area contributed by atoms with Gasteiger partial charge in [0, 0.05) is 17.9 Å². The highest BCUT2D eigenvalue weighted by Gasteiger charge is 2.28. The maximum Gasteiger partial charge on any atom is 0.339 e. The minimum absolute atomic E-state index is 0.0490. The minimum atomic E-state index is -2.98. The van der Waals surface area contributed by atoms with E-state index in [0.717, 1.165) is 0 Å². The molecule has 18 heavy (non-hydrogen) atoms. The topological polar surface area (TPSA) is 96.4 Å². The monoisotopic (exact) mass is 270 g/mol. The summed E-state index contributed by atoms with van der Waals surface area (Å²) in [6, 6.07) is 1.39. The first-order valence-electron chi connectivity index (χ1n) is 5.54. The minimum Gasteiger partial charge on any atom is -0.478 e. The third-order valence-electron chi connectivity index (χ3n) is 2.86. The number of carbonyl (C=O) groups is 1. The quantitative estimate of drug-likeness (QED) is 0.838. The van der Waals surface area contributed by atoms with Crippen LogP contribution < -0.4 is 5.32 Å². The Morgan fingerprint density at radius 1 is 1.56 bits per heavy atom. The molecule has 1 aliphatic rings. The Hall–Kier alpha value is -1.63. The molecule has 1 aromatic rings. The van der Waals surface area contributed by atoms with Crippen LogP contribution >= 0.6 is 0 Å². The molecular formula is C11H14N2O4S. The number of carboxylic acids is 1. The van der Waals surface area contributed by atoms with E-state index in [2.05, 4.69) is 10.3 Å². The van der Waals surface area contributed by atoms with Crippen molar-refractivity contribution in [3.05, 3.63) is 23.5 Å². The van der Waals surface area contributed by atoms with E-state index in [0.29, 0.717) is 17.8 Å². The van der Waals surface area contributed by atoms with E-state index < -0.39 is 15.8 Å². The largest absolute Gasteiger partial charge is 0.478 e. The van der Waals surface area contributed by atoms with E-state index in [1.54, 1.807) is 13.0 Å². The molecule has 0 bridgehead atoms. The standard InChI is InChI=1S/C11H14N2O4S/c1-7-4-10(9(5-12-7)11(14)15)13-8-2-3-18(16,17)6-8/h4-5,8H,2-3,6H2,1H3,(H,12,13)(H,14,15). The third kappa shape index (κ3) is 2.79. The summed E-state index contributed by atoms with van der Waals surface area (Å²) >= 11 is 0. The van der Waals surface area contributed by atoms with Gasteiger partial charge in [-0.2, -0.15) is 0 Å². The molecule has 1 atom stereocenters. The van der Waals surface area contributed by atoms with Crippen LogP contribution in [0.25, 0.3) is 0 Å². The molecule has 0 radical (unpaired) electrons. The first kappa shape index (κ1) is 12.8. The molecule has 1 saturated heterocycles. The fraction of sp³-hybridized carbons (Fsp3) is 0.455. The summed E-state index contributed by atoms with van der Waals surface area (Å²) in [7, 11) is -2.98. The van der Waals surface area contributed by atoms with Crippen LogP contribution in [0.4, 0.5) is 5.69 Å². The van der Waals surface area contributed by atoms with E-state index >= 15 is 0 Å². The molecular weight excluding hydrogens is 256 g/mol. The van der Waals surface area contributed by atoms with Gasteiger partial charge >= 0.3 is 5.97 Å². The molecule has 2 heterocycles. The third-order valence-corrected chi connectivity index (χ3v) is 4.63. The van der Waals surface area contributed by atoms with Crippen LogP contribution in [-0.4, -0.2) is 42.0 Å². The van der Waals surface area contributed by atoms with Crippen LogP contribution in [0.5, 0.6) is 0 Å². The van der Waals surface area contributed by atoms with Crippen LogP contribution in [0, 0.1) is 6.92 Å². The van der Waals surface area contributed by atoms with Gasteiger partial charge in [0.25, 0.3) is 0 Å². The second-order valence-corrected chi connectivity index (χ2v) is 6.65. The maximum atomic E-state index is 11.3. The van der Waals surface area contributed by atoms with E-state index in [9.17, 15) is 13.2 Å². The number of aromatic nitrogens is 1. The van der Waals surface area contributed by atoms with E-state index in [1.165, 1.54) is 6.20 Å². The molecule has 7 heteroatoms. The zero-order valence-electron chi connectivity index (χ0n) is 9.88. The predicted molar refractivity (Wildman–Crippen MR) is 66.6 cm³/mol. The van der Waals surface area contributed by atoms with Crippen molar-refractivity contribution in [1.29, 1.82) is 0 Å². The van der Waals surface area contributed by atoms with Crippen molar-refractivity contribution in [2.45, 2.75) is 19.4 Å². The van der Waals surface area contributed by atoms with Gasteiger partial charge in [0.1, 0.15) is 5.56 Å². The number of pyridine rings is 1. The van der Waals surface area contributed by atoms with Gasteiger partial charge in [0.05, 0.1) is 17.2 Å². The highest BCUT2D eigenvalue weighted by Crippen LogP contribution is 2.21. The Balaban J connectivity index is 2.23. The maximum absolute atomic E-state index is 11.3. The Morgan fingerprint density at radius 3 is 2.83 bits per heavy atom. The second-order valence-electron chi connectivity index (χ2n) is 4.42.